The number of carbonyl (C=O) groups is 2. The van der Waals surface area contributed by atoms with Gasteiger partial charge in [0.25, 0.3) is 10.0 Å². The van der Waals surface area contributed by atoms with E-state index in [0.717, 1.165) is 0 Å². The molecule has 23 heavy (non-hydrogen) atoms. The number of hydrogen-bond donors (Lipinski definition) is 1. The predicted molar refractivity (Wildman–Crippen MR) is 81.1 cm³/mol. The van der Waals surface area contributed by atoms with Crippen molar-refractivity contribution in [1.29, 1.82) is 0 Å². The zero-order valence-electron chi connectivity index (χ0n) is 12.2. The summed E-state index contributed by atoms with van der Waals surface area (Å²) in [6.07, 6.45) is -1.27. The molecular formula is C13H14N4O5S. The lowest BCUT2D eigenvalue weighted by Crippen LogP contribution is -2.18. The lowest BCUT2D eigenvalue weighted by molar-refractivity contribution is -0.115. The Balaban J connectivity index is 3.40. The number of Topliss-reactive ketones (excluding diaryl/α,β-unsaturated/α-hetero) is 1. The molecule has 9 nitrogen and oxygen atoms in total. The van der Waals surface area contributed by atoms with Crippen LogP contribution in [0.1, 0.15) is 18.9 Å². The fourth-order valence-corrected chi connectivity index (χ4v) is 2.73. The quantitative estimate of drug-likeness (QED) is 0.349. The smallest absolute Gasteiger partial charge is 0.409 e. The maximum absolute atomic E-state index is 12.0. The summed E-state index contributed by atoms with van der Waals surface area (Å²) < 4.78 is 31.5. The number of rotatable bonds is 7. The predicted octanol–water partition coefficient (Wildman–Crippen LogP) is 2.22. The van der Waals surface area contributed by atoms with Crippen molar-refractivity contribution in [3.63, 3.8) is 0 Å². The minimum absolute atomic E-state index is 0.0216. The second kappa shape index (κ2) is 7.43. The number of nitrogens with two attached hydrogens (primary N) is 1. The molecule has 0 unspecified atom stereocenters. The molecule has 0 aromatic heterocycles. The van der Waals surface area contributed by atoms with Crippen molar-refractivity contribution in [3.8, 4) is 5.75 Å². The summed E-state index contributed by atoms with van der Waals surface area (Å²) in [5.41, 5.74) is 13.6. The van der Waals surface area contributed by atoms with Gasteiger partial charge in [-0.1, -0.05) is 12.6 Å². The van der Waals surface area contributed by atoms with Crippen LogP contribution in [0.2, 0.25) is 0 Å². The fourth-order valence-electron chi connectivity index (χ4n) is 1.78. The summed E-state index contributed by atoms with van der Waals surface area (Å²) in [5.74, 6) is -0.410. The molecule has 0 aliphatic rings. The Hall–Kier alpha value is -2.84. The third-order valence-corrected chi connectivity index (χ3v) is 4.03. The van der Waals surface area contributed by atoms with Crippen molar-refractivity contribution in [2.24, 2.45) is 10.3 Å². The molecule has 1 amide bonds. The molecule has 0 saturated carbocycles. The maximum atomic E-state index is 12.0. The average Bonchev–Trinajstić information content (AvgIpc) is 2.44. The number of benzene rings is 1. The molecule has 1 rings (SSSR count). The lowest BCUT2D eigenvalue weighted by Gasteiger charge is -2.12. The van der Waals surface area contributed by atoms with E-state index in [1.807, 2.05) is 0 Å². The lowest BCUT2D eigenvalue weighted by atomic mass is 10.0. The van der Waals surface area contributed by atoms with Gasteiger partial charge in [0.2, 0.25) is 0 Å². The van der Waals surface area contributed by atoms with Crippen molar-refractivity contribution >= 4 is 21.9 Å². The molecule has 122 valence electrons. The third-order valence-electron chi connectivity index (χ3n) is 2.80. The average molecular weight is 338 g/mol. The van der Waals surface area contributed by atoms with Gasteiger partial charge in [-0.2, -0.15) is 0 Å². The zero-order valence-corrected chi connectivity index (χ0v) is 13.0. The van der Waals surface area contributed by atoms with Gasteiger partial charge in [0.05, 0.1) is 4.90 Å². The largest absolute Gasteiger partial charge is 0.410 e. The van der Waals surface area contributed by atoms with Crippen LogP contribution in [0.4, 0.5) is 4.79 Å². The second-order valence-electron chi connectivity index (χ2n) is 4.50. The molecule has 1 aromatic carbocycles. The SMILES string of the molecule is C=C(C)C(=O)CCc1c(OC(N)=O)cccc1S(=O)(=O)N=[N+]=[N-]. The van der Waals surface area contributed by atoms with Crippen LogP contribution in [0.15, 0.2) is 39.8 Å². The van der Waals surface area contributed by atoms with Gasteiger partial charge < -0.3 is 10.5 Å². The molecule has 0 atom stereocenters. The van der Waals surface area contributed by atoms with Crippen LogP contribution in [0.3, 0.4) is 0 Å². The van der Waals surface area contributed by atoms with Gasteiger partial charge in [0.1, 0.15) is 5.75 Å². The highest BCUT2D eigenvalue weighted by Gasteiger charge is 2.22. The van der Waals surface area contributed by atoms with E-state index in [9.17, 15) is 18.0 Å². The molecule has 0 spiro atoms. The first-order valence-corrected chi connectivity index (χ1v) is 7.72. The molecule has 2 N–H and O–H groups in total. The van der Waals surface area contributed by atoms with Gasteiger partial charge in [-0.05, 0) is 36.6 Å². The van der Waals surface area contributed by atoms with Crippen molar-refractivity contribution in [2.75, 3.05) is 0 Å². The monoisotopic (exact) mass is 338 g/mol. The molecule has 0 aliphatic carbocycles. The van der Waals surface area contributed by atoms with Gasteiger partial charge in [0.15, 0.2) is 5.78 Å². The molecule has 0 heterocycles. The Morgan fingerprint density at radius 1 is 1.43 bits per heavy atom. The van der Waals surface area contributed by atoms with Crippen LogP contribution in [0.25, 0.3) is 10.4 Å². The Morgan fingerprint density at radius 2 is 2.09 bits per heavy atom. The number of hydrogen-bond acceptors (Lipinski definition) is 5. The molecule has 0 radical (unpaired) electrons. The maximum Gasteiger partial charge on any atom is 0.409 e. The fraction of sp³-hybridized carbons (Fsp3) is 0.231. The van der Waals surface area contributed by atoms with Crippen molar-refractivity contribution < 1.29 is 22.7 Å². The van der Waals surface area contributed by atoms with Crippen LogP contribution >= 0.6 is 0 Å². The molecule has 10 heteroatoms. The van der Waals surface area contributed by atoms with Crippen molar-refractivity contribution in [3.05, 3.63) is 46.4 Å². The topological polar surface area (TPSA) is 152 Å². The van der Waals surface area contributed by atoms with E-state index in [1.165, 1.54) is 25.1 Å². The van der Waals surface area contributed by atoms with Crippen LogP contribution in [0, 0.1) is 0 Å². The van der Waals surface area contributed by atoms with Crippen LogP contribution in [0.5, 0.6) is 5.75 Å². The molecule has 0 saturated heterocycles. The highest BCUT2D eigenvalue weighted by Crippen LogP contribution is 2.29. The summed E-state index contributed by atoms with van der Waals surface area (Å²) in [6, 6.07) is 3.79. The van der Waals surface area contributed by atoms with Crippen LogP contribution in [-0.4, -0.2) is 20.3 Å². The number of amides is 1. The number of sulfonamides is 1. The molecular weight excluding hydrogens is 324 g/mol. The number of ether oxygens (including phenoxy) is 1. The van der Waals surface area contributed by atoms with Gasteiger partial charge in [-0.3, -0.25) is 4.79 Å². The van der Waals surface area contributed by atoms with Crippen LogP contribution < -0.4 is 10.5 Å². The summed E-state index contributed by atoms with van der Waals surface area (Å²) in [5, 5.41) is 0. The van der Waals surface area contributed by atoms with Gasteiger partial charge in [-0.25, -0.2) is 13.2 Å². The van der Waals surface area contributed by atoms with Crippen molar-refractivity contribution in [2.45, 2.75) is 24.7 Å². The minimum atomic E-state index is -4.32. The Kier molecular flexibility index (Phi) is 5.88. The third kappa shape index (κ3) is 4.83. The van der Waals surface area contributed by atoms with E-state index in [4.69, 9.17) is 16.0 Å². The van der Waals surface area contributed by atoms with Gasteiger partial charge in [0, 0.05) is 21.4 Å². The summed E-state index contributed by atoms with van der Waals surface area (Å²) in [4.78, 5) is 24.5. The van der Waals surface area contributed by atoms with E-state index in [1.54, 1.807) is 0 Å². The van der Waals surface area contributed by atoms with E-state index in [-0.39, 0.29) is 34.8 Å². The Bertz CT molecular complexity index is 810. The standard InChI is InChI=1S/C13H14N4O5S/c1-8(2)10(18)7-6-9-11(22-13(14)19)4-3-5-12(9)23(20,21)17-16-15/h3-5H,1,6-7H2,2H3,(H2,14,19). The van der Waals surface area contributed by atoms with Gasteiger partial charge in [-0.15, -0.1) is 0 Å². The number of ketones is 1. The Labute approximate surface area is 132 Å². The molecule has 0 bridgehead atoms. The summed E-state index contributed by atoms with van der Waals surface area (Å²) >= 11 is 0. The van der Waals surface area contributed by atoms with E-state index in [0.29, 0.717) is 5.57 Å². The minimum Gasteiger partial charge on any atom is -0.410 e. The van der Waals surface area contributed by atoms with Crippen molar-refractivity contribution in [1.82, 2.24) is 0 Å². The van der Waals surface area contributed by atoms with E-state index in [2.05, 4.69) is 16.0 Å². The van der Waals surface area contributed by atoms with E-state index < -0.39 is 16.1 Å². The summed E-state index contributed by atoms with van der Waals surface area (Å²) in [6.45, 7) is 5.02. The van der Waals surface area contributed by atoms with E-state index >= 15 is 0 Å². The number of carbonyl (C=O) groups excluding carboxylic acids is 2. The first-order valence-electron chi connectivity index (χ1n) is 6.28. The Morgan fingerprint density at radius 3 is 2.61 bits per heavy atom. The second-order valence-corrected chi connectivity index (χ2v) is 6.06. The zero-order chi connectivity index (χ0) is 17.6. The number of primary amides is 1. The summed E-state index contributed by atoms with van der Waals surface area (Å²) in [7, 11) is -4.32. The highest BCUT2D eigenvalue weighted by molar-refractivity contribution is 7.90. The molecule has 0 fully saturated rings. The van der Waals surface area contributed by atoms with Gasteiger partial charge >= 0.3 is 6.09 Å². The van der Waals surface area contributed by atoms with Crippen LogP contribution in [-0.2, 0) is 21.2 Å². The first-order chi connectivity index (χ1) is 10.7. The number of nitrogens with zero attached hydrogens (tertiary/aromatic N) is 3. The molecule has 1 aromatic rings. The highest BCUT2D eigenvalue weighted by atomic mass is 32.2. The first kappa shape index (κ1) is 18.2. The molecule has 0 aliphatic heterocycles. The number of azide groups is 1. The number of allylic oxidation sites excluding steroid dienone is 1. The normalized spacial score (nSPS) is 10.5.